The van der Waals surface area contributed by atoms with E-state index in [0.29, 0.717) is 23.5 Å². The number of amides is 3. The van der Waals surface area contributed by atoms with Gasteiger partial charge in [-0.05, 0) is 28.3 Å². The molecule has 1 aromatic rings. The molecule has 9 heteroatoms. The van der Waals surface area contributed by atoms with Crippen molar-refractivity contribution < 1.29 is 9.59 Å². The number of rotatable bonds is 4. The molecular formula is C14H21BrN6O2. The van der Waals surface area contributed by atoms with Crippen LogP contribution in [0.4, 0.5) is 10.6 Å². The van der Waals surface area contributed by atoms with Gasteiger partial charge in [-0.15, -0.1) is 0 Å². The Kier molecular flexibility index (Phi) is 5.89. The molecule has 1 aliphatic rings. The summed E-state index contributed by atoms with van der Waals surface area (Å²) in [6.07, 6.45) is 4.45. The van der Waals surface area contributed by atoms with Gasteiger partial charge in [-0.2, -0.15) is 0 Å². The molecule has 1 fully saturated rings. The van der Waals surface area contributed by atoms with Crippen molar-refractivity contribution >= 4 is 33.7 Å². The predicted molar refractivity (Wildman–Crippen MR) is 89.2 cm³/mol. The third-order valence-electron chi connectivity index (χ3n) is 3.92. The van der Waals surface area contributed by atoms with Gasteiger partial charge in [0.1, 0.15) is 4.60 Å². The summed E-state index contributed by atoms with van der Waals surface area (Å²) in [6.45, 7) is 4.87. The zero-order valence-corrected chi connectivity index (χ0v) is 14.8. The molecule has 3 amide bonds. The molecule has 2 heterocycles. The summed E-state index contributed by atoms with van der Waals surface area (Å²) in [5, 5.41) is 5.45. The average Bonchev–Trinajstić information content (AvgIpc) is 3.04. The van der Waals surface area contributed by atoms with E-state index < -0.39 is 12.1 Å². The molecule has 0 saturated carbocycles. The lowest BCUT2D eigenvalue weighted by molar-refractivity contribution is -0.142. The number of anilines is 1. The summed E-state index contributed by atoms with van der Waals surface area (Å²) in [4.78, 5) is 32.9. The van der Waals surface area contributed by atoms with E-state index in [1.54, 1.807) is 0 Å². The van der Waals surface area contributed by atoms with Gasteiger partial charge in [0.15, 0.2) is 5.82 Å². The zero-order chi connectivity index (χ0) is 17.0. The van der Waals surface area contributed by atoms with Crippen molar-refractivity contribution in [3.63, 3.8) is 0 Å². The van der Waals surface area contributed by atoms with Crippen LogP contribution in [0.2, 0.25) is 0 Å². The third kappa shape index (κ3) is 4.17. The molecule has 1 saturated heterocycles. The van der Waals surface area contributed by atoms with Crippen molar-refractivity contribution in [2.75, 3.05) is 18.4 Å². The Morgan fingerprint density at radius 3 is 2.65 bits per heavy atom. The van der Waals surface area contributed by atoms with Crippen LogP contribution in [0.5, 0.6) is 0 Å². The fraction of sp³-hybridized carbons (Fsp3) is 0.571. The van der Waals surface area contributed by atoms with E-state index in [-0.39, 0.29) is 11.8 Å². The van der Waals surface area contributed by atoms with Gasteiger partial charge in [0.2, 0.25) is 0 Å². The maximum Gasteiger partial charge on any atom is 0.341 e. The van der Waals surface area contributed by atoms with Crippen LogP contribution in [0.25, 0.3) is 0 Å². The molecular weight excluding hydrogens is 364 g/mol. The van der Waals surface area contributed by atoms with Gasteiger partial charge in [0.05, 0.1) is 18.4 Å². The van der Waals surface area contributed by atoms with Gasteiger partial charge in [0.25, 0.3) is 5.91 Å². The Bertz CT molecular complexity index is 567. The summed E-state index contributed by atoms with van der Waals surface area (Å²) in [5.74, 6) is 0.156. The van der Waals surface area contributed by atoms with Crippen molar-refractivity contribution in [3.8, 4) is 0 Å². The Morgan fingerprint density at radius 2 is 2.04 bits per heavy atom. The minimum atomic E-state index is -0.610. The number of urea groups is 1. The molecule has 0 radical (unpaired) electrons. The minimum Gasteiger partial charge on any atom is -0.320 e. The van der Waals surface area contributed by atoms with E-state index >= 15 is 0 Å². The van der Waals surface area contributed by atoms with E-state index in [1.807, 2.05) is 13.8 Å². The maximum atomic E-state index is 12.5. The maximum absolute atomic E-state index is 12.5. The molecule has 0 aromatic carbocycles. The normalized spacial score (nSPS) is 17.0. The fourth-order valence-electron chi connectivity index (χ4n) is 2.27. The van der Waals surface area contributed by atoms with Crippen LogP contribution in [-0.4, -0.2) is 51.1 Å². The number of halogens is 1. The third-order valence-corrected chi connectivity index (χ3v) is 4.33. The summed E-state index contributed by atoms with van der Waals surface area (Å²) in [6, 6.07) is -1.02. The Hall–Kier alpha value is -1.74. The first-order valence-electron chi connectivity index (χ1n) is 7.57. The molecule has 2 rings (SSSR count). The number of carbonyl (C=O) groups excluding carboxylic acids is 2. The van der Waals surface area contributed by atoms with Crippen LogP contribution in [-0.2, 0) is 4.79 Å². The quantitative estimate of drug-likeness (QED) is 0.819. The number of aromatic nitrogens is 2. The second kappa shape index (κ2) is 7.69. The van der Waals surface area contributed by atoms with E-state index in [4.69, 9.17) is 5.73 Å². The monoisotopic (exact) mass is 384 g/mol. The van der Waals surface area contributed by atoms with Gasteiger partial charge < -0.3 is 5.73 Å². The van der Waals surface area contributed by atoms with E-state index in [2.05, 4.69) is 31.2 Å². The lowest BCUT2D eigenvalue weighted by atomic mass is 9.99. The van der Waals surface area contributed by atoms with Crippen LogP contribution in [0, 0.1) is 5.92 Å². The number of nitrogens with zero attached hydrogens (tertiary/aromatic N) is 4. The standard InChI is InChI=1S/C14H21BrN6O2/c1-3-9(2)12(16)13(22)20-5-4-6-21(20)14(23)19-11-8-17-10(15)7-18-11/h7-9,12H,3-6,16H2,1-2H3,(H,18,19,23)/t9-,12-/m0/s1. The molecule has 0 unspecified atom stereocenters. The van der Waals surface area contributed by atoms with Crippen LogP contribution in [0.15, 0.2) is 17.0 Å². The number of hydrogen-bond acceptors (Lipinski definition) is 5. The molecule has 0 bridgehead atoms. The average molecular weight is 385 g/mol. The molecule has 1 aromatic heterocycles. The minimum absolute atomic E-state index is 0.0605. The SMILES string of the molecule is CC[C@H](C)[C@H](N)C(=O)N1CCCN1C(=O)Nc1cnc(Br)cn1. The van der Waals surface area contributed by atoms with Crippen molar-refractivity contribution in [2.45, 2.75) is 32.7 Å². The topological polar surface area (TPSA) is 104 Å². The van der Waals surface area contributed by atoms with Crippen molar-refractivity contribution in [2.24, 2.45) is 11.7 Å². The highest BCUT2D eigenvalue weighted by Crippen LogP contribution is 2.17. The Balaban J connectivity index is 2.04. The van der Waals surface area contributed by atoms with E-state index in [1.165, 1.54) is 22.4 Å². The van der Waals surface area contributed by atoms with Gasteiger partial charge in [-0.1, -0.05) is 20.3 Å². The van der Waals surface area contributed by atoms with Gasteiger partial charge >= 0.3 is 6.03 Å². The number of nitrogens with one attached hydrogen (secondary N) is 1. The number of hydrazine groups is 1. The van der Waals surface area contributed by atoms with Gasteiger partial charge in [-0.3, -0.25) is 10.1 Å². The fourth-order valence-corrected chi connectivity index (χ4v) is 2.48. The molecule has 23 heavy (non-hydrogen) atoms. The Morgan fingerprint density at radius 1 is 1.35 bits per heavy atom. The van der Waals surface area contributed by atoms with Crippen LogP contribution in [0.3, 0.4) is 0 Å². The highest BCUT2D eigenvalue weighted by Gasteiger charge is 2.34. The van der Waals surface area contributed by atoms with Crippen LogP contribution >= 0.6 is 15.9 Å². The lowest BCUT2D eigenvalue weighted by Crippen LogP contribution is -2.53. The summed E-state index contributed by atoms with van der Waals surface area (Å²) in [5.41, 5.74) is 6.01. The smallest absolute Gasteiger partial charge is 0.320 e. The number of carbonyl (C=O) groups is 2. The van der Waals surface area contributed by atoms with Crippen molar-refractivity contribution in [1.29, 1.82) is 0 Å². The second-order valence-corrected chi connectivity index (χ2v) is 6.32. The first kappa shape index (κ1) is 17.6. The molecule has 2 atom stereocenters. The predicted octanol–water partition coefficient (Wildman–Crippen LogP) is 1.59. The summed E-state index contributed by atoms with van der Waals surface area (Å²) in [7, 11) is 0. The van der Waals surface area contributed by atoms with Crippen molar-refractivity contribution in [3.05, 3.63) is 17.0 Å². The molecule has 126 valence electrons. The number of hydrogen-bond donors (Lipinski definition) is 2. The van der Waals surface area contributed by atoms with Crippen LogP contribution < -0.4 is 11.1 Å². The Labute approximate surface area is 143 Å². The van der Waals surface area contributed by atoms with Crippen LogP contribution in [0.1, 0.15) is 26.7 Å². The zero-order valence-electron chi connectivity index (χ0n) is 13.2. The molecule has 1 aliphatic heterocycles. The molecule has 3 N–H and O–H groups in total. The molecule has 8 nitrogen and oxygen atoms in total. The highest BCUT2D eigenvalue weighted by atomic mass is 79.9. The van der Waals surface area contributed by atoms with E-state index in [0.717, 1.165) is 12.8 Å². The lowest BCUT2D eigenvalue weighted by Gasteiger charge is -2.31. The first-order valence-corrected chi connectivity index (χ1v) is 8.36. The van der Waals surface area contributed by atoms with Gasteiger partial charge in [0, 0.05) is 13.1 Å². The summed E-state index contributed by atoms with van der Waals surface area (Å²) < 4.78 is 0.577. The largest absolute Gasteiger partial charge is 0.341 e. The highest BCUT2D eigenvalue weighted by molar-refractivity contribution is 9.10. The molecule has 0 aliphatic carbocycles. The second-order valence-electron chi connectivity index (χ2n) is 5.50. The van der Waals surface area contributed by atoms with Crippen molar-refractivity contribution in [1.82, 2.24) is 20.0 Å². The number of nitrogens with two attached hydrogens (primary N) is 1. The van der Waals surface area contributed by atoms with E-state index in [9.17, 15) is 9.59 Å². The molecule has 0 spiro atoms. The van der Waals surface area contributed by atoms with Gasteiger partial charge in [-0.25, -0.2) is 24.8 Å². The summed E-state index contributed by atoms with van der Waals surface area (Å²) >= 11 is 3.18. The first-order chi connectivity index (χ1) is 10.9.